The highest BCUT2D eigenvalue weighted by atomic mass is 16.7. The fourth-order valence-electron chi connectivity index (χ4n) is 4.32. The molecule has 2 bridgehead atoms. The number of nitrogens with one attached hydrogen (secondary N) is 2. The second kappa shape index (κ2) is 8.76. The molecule has 0 aliphatic carbocycles. The molecule has 0 unspecified atom stereocenters. The monoisotopic (exact) mass is 420 g/mol. The van der Waals surface area contributed by atoms with Gasteiger partial charge in [-0.1, -0.05) is 6.07 Å². The maximum absolute atomic E-state index is 12.6. The summed E-state index contributed by atoms with van der Waals surface area (Å²) in [6.45, 7) is 4.25. The van der Waals surface area contributed by atoms with Gasteiger partial charge in [0, 0.05) is 44.9 Å². The summed E-state index contributed by atoms with van der Waals surface area (Å²) in [6, 6.07) is 5.54. The second-order valence-electron chi connectivity index (χ2n) is 7.76. The van der Waals surface area contributed by atoms with E-state index in [9.17, 15) is 14.7 Å². The van der Waals surface area contributed by atoms with Crippen LogP contribution in [0.1, 0.15) is 6.92 Å². The highest BCUT2D eigenvalue weighted by molar-refractivity contribution is 5.89. The molecule has 10 heteroatoms. The molecule has 3 N–H and O–H groups in total. The average Bonchev–Trinajstić information content (AvgIpc) is 3.17. The predicted octanol–water partition coefficient (Wildman–Crippen LogP) is -0.166. The Hall–Kier alpha value is -2.40. The number of benzene rings is 1. The van der Waals surface area contributed by atoms with Gasteiger partial charge in [-0.05, 0) is 12.1 Å². The van der Waals surface area contributed by atoms with Gasteiger partial charge in [-0.2, -0.15) is 0 Å². The summed E-state index contributed by atoms with van der Waals surface area (Å²) < 4.78 is 16.9. The average molecular weight is 420 g/mol. The summed E-state index contributed by atoms with van der Waals surface area (Å²) in [4.78, 5) is 28.0. The lowest BCUT2D eigenvalue weighted by Crippen LogP contribution is -2.67. The number of hydrogen-bond acceptors (Lipinski definition) is 7. The van der Waals surface area contributed by atoms with Crippen molar-refractivity contribution in [3.05, 3.63) is 24.3 Å². The summed E-state index contributed by atoms with van der Waals surface area (Å²) in [5, 5.41) is 16.7. The molecule has 5 atom stereocenters. The number of aliphatic hydroxyl groups is 1. The Morgan fingerprint density at radius 2 is 2.00 bits per heavy atom. The summed E-state index contributed by atoms with van der Waals surface area (Å²) in [5.41, 5.74) is 0.579. The number of methoxy groups -OCH3 is 1. The number of urea groups is 1. The summed E-state index contributed by atoms with van der Waals surface area (Å²) in [5.74, 6) is 0.673. The normalized spacial score (nSPS) is 31.3. The zero-order chi connectivity index (χ0) is 21.3. The molecular weight excluding hydrogens is 392 g/mol. The van der Waals surface area contributed by atoms with Gasteiger partial charge in [-0.15, -0.1) is 0 Å². The van der Waals surface area contributed by atoms with Crippen LogP contribution in [0.15, 0.2) is 24.3 Å². The number of anilines is 1. The minimum atomic E-state index is -0.865. The molecule has 1 aromatic rings. The van der Waals surface area contributed by atoms with Gasteiger partial charge in [0.25, 0.3) is 0 Å². The third-order valence-electron chi connectivity index (χ3n) is 5.94. The first-order valence-corrected chi connectivity index (χ1v) is 10.1. The third kappa shape index (κ3) is 4.22. The molecule has 3 heterocycles. The van der Waals surface area contributed by atoms with Crippen molar-refractivity contribution < 1.29 is 28.9 Å². The van der Waals surface area contributed by atoms with Crippen LogP contribution in [0.5, 0.6) is 5.75 Å². The molecule has 3 aliphatic heterocycles. The maximum Gasteiger partial charge on any atom is 0.319 e. The number of aliphatic hydroxyl groups excluding tert-OH is 1. The van der Waals surface area contributed by atoms with E-state index in [0.29, 0.717) is 44.2 Å². The zero-order valence-electron chi connectivity index (χ0n) is 17.1. The molecular formula is C20H28N4O6. The van der Waals surface area contributed by atoms with Crippen molar-refractivity contribution in [3.8, 4) is 5.75 Å². The first-order chi connectivity index (χ1) is 14.5. The van der Waals surface area contributed by atoms with E-state index < -0.39 is 36.6 Å². The van der Waals surface area contributed by atoms with Crippen LogP contribution in [0, 0.1) is 0 Å². The molecule has 3 saturated heterocycles. The van der Waals surface area contributed by atoms with Gasteiger partial charge in [0.15, 0.2) is 6.29 Å². The predicted molar refractivity (Wildman–Crippen MR) is 107 cm³/mol. The van der Waals surface area contributed by atoms with Crippen LogP contribution in [0.2, 0.25) is 0 Å². The van der Waals surface area contributed by atoms with Crippen LogP contribution >= 0.6 is 0 Å². The number of carbonyl (C=O) groups excluding carboxylic acids is 2. The molecule has 1 aromatic carbocycles. The molecule has 164 valence electrons. The van der Waals surface area contributed by atoms with Crippen molar-refractivity contribution in [2.45, 2.75) is 37.5 Å². The van der Waals surface area contributed by atoms with Crippen molar-refractivity contribution in [3.63, 3.8) is 0 Å². The van der Waals surface area contributed by atoms with E-state index in [1.165, 1.54) is 0 Å². The molecule has 3 amide bonds. The van der Waals surface area contributed by atoms with Crippen molar-refractivity contribution in [2.75, 3.05) is 45.2 Å². The van der Waals surface area contributed by atoms with E-state index in [2.05, 4.69) is 15.5 Å². The van der Waals surface area contributed by atoms with Gasteiger partial charge in [0.2, 0.25) is 5.91 Å². The lowest BCUT2D eigenvalue weighted by atomic mass is 9.94. The number of ether oxygens (including phenoxy) is 3. The van der Waals surface area contributed by atoms with Crippen molar-refractivity contribution in [1.29, 1.82) is 0 Å². The topological polar surface area (TPSA) is 113 Å². The van der Waals surface area contributed by atoms with Crippen LogP contribution in [0.3, 0.4) is 0 Å². The van der Waals surface area contributed by atoms with Gasteiger partial charge < -0.3 is 34.9 Å². The quantitative estimate of drug-likeness (QED) is 0.620. The first-order valence-electron chi connectivity index (χ1n) is 10.1. The summed E-state index contributed by atoms with van der Waals surface area (Å²) in [6.07, 6.45) is -1.83. The fraction of sp³-hybridized carbons (Fsp3) is 0.600. The van der Waals surface area contributed by atoms with Crippen molar-refractivity contribution >= 4 is 17.6 Å². The highest BCUT2D eigenvalue weighted by Crippen LogP contribution is 2.32. The van der Waals surface area contributed by atoms with E-state index in [-0.39, 0.29) is 5.91 Å². The van der Waals surface area contributed by atoms with E-state index >= 15 is 0 Å². The highest BCUT2D eigenvalue weighted by Gasteiger charge is 2.53. The standard InChI is InChI=1S/C20H28N4O6/c1-12(25)23-6-8-24(9-7-23)17-18(26)16(15-11-29-19(17)30-15)22-20(27)21-13-4-3-5-14(10-13)28-2/h3-5,10,15-19,26H,6-9,11H2,1-2H3,(H2,21,22,27)/t15-,16+,17-,18-,19+/m0/s1. The number of nitrogens with zero attached hydrogens (tertiary/aromatic N) is 2. The largest absolute Gasteiger partial charge is 0.497 e. The SMILES string of the molecule is COc1cccc(NC(=O)N[C@H]2[C@H](O)[C@H](N3CCN(C(C)=O)CC3)[C@@H]3OC[C@@H]2O3)c1. The number of hydrogen-bond donors (Lipinski definition) is 3. The fourth-order valence-corrected chi connectivity index (χ4v) is 4.32. The lowest BCUT2D eigenvalue weighted by Gasteiger charge is -2.46. The number of rotatable bonds is 4. The van der Waals surface area contributed by atoms with E-state index in [1.54, 1.807) is 43.2 Å². The Morgan fingerprint density at radius 1 is 1.23 bits per heavy atom. The molecule has 3 fully saturated rings. The van der Waals surface area contributed by atoms with Crippen LogP contribution in [-0.4, -0.2) is 97.3 Å². The van der Waals surface area contributed by atoms with Gasteiger partial charge in [-0.25, -0.2) is 4.79 Å². The second-order valence-corrected chi connectivity index (χ2v) is 7.76. The van der Waals surface area contributed by atoms with Crippen LogP contribution in [-0.2, 0) is 14.3 Å². The van der Waals surface area contributed by atoms with E-state index in [1.807, 2.05) is 0 Å². The smallest absolute Gasteiger partial charge is 0.319 e. The Kier molecular flexibility index (Phi) is 6.09. The molecule has 10 nitrogen and oxygen atoms in total. The first kappa shape index (κ1) is 20.9. The molecule has 0 saturated carbocycles. The zero-order valence-corrected chi connectivity index (χ0v) is 17.1. The Labute approximate surface area is 175 Å². The molecule has 30 heavy (non-hydrogen) atoms. The molecule has 0 spiro atoms. The van der Waals surface area contributed by atoms with E-state index in [0.717, 1.165) is 0 Å². The van der Waals surface area contributed by atoms with Crippen LogP contribution in [0.25, 0.3) is 0 Å². The Morgan fingerprint density at radius 3 is 2.70 bits per heavy atom. The minimum absolute atomic E-state index is 0.0426. The van der Waals surface area contributed by atoms with Gasteiger partial charge in [0.05, 0.1) is 31.9 Å². The van der Waals surface area contributed by atoms with Crippen LogP contribution < -0.4 is 15.4 Å². The molecule has 0 aromatic heterocycles. The Bertz CT molecular complexity index is 784. The molecule has 4 rings (SSSR count). The van der Waals surface area contributed by atoms with Gasteiger partial charge in [-0.3, -0.25) is 9.69 Å². The summed E-state index contributed by atoms with van der Waals surface area (Å²) >= 11 is 0. The number of amides is 3. The number of fused-ring (bicyclic) bond motifs is 2. The van der Waals surface area contributed by atoms with Gasteiger partial charge >= 0.3 is 6.03 Å². The molecule has 0 radical (unpaired) electrons. The molecule has 3 aliphatic rings. The van der Waals surface area contributed by atoms with E-state index in [4.69, 9.17) is 14.2 Å². The van der Waals surface area contributed by atoms with Crippen molar-refractivity contribution in [2.24, 2.45) is 0 Å². The van der Waals surface area contributed by atoms with Crippen molar-refractivity contribution in [1.82, 2.24) is 15.1 Å². The summed E-state index contributed by atoms with van der Waals surface area (Å²) in [7, 11) is 1.56. The number of piperazine rings is 1. The maximum atomic E-state index is 12.6. The number of carbonyl (C=O) groups is 2. The lowest BCUT2D eigenvalue weighted by molar-refractivity contribution is -0.185. The Balaban J connectivity index is 1.41. The van der Waals surface area contributed by atoms with Gasteiger partial charge in [0.1, 0.15) is 11.9 Å². The minimum Gasteiger partial charge on any atom is -0.497 e. The third-order valence-corrected chi connectivity index (χ3v) is 5.94. The van der Waals surface area contributed by atoms with Crippen LogP contribution in [0.4, 0.5) is 10.5 Å².